The molecule has 8 nitrogen and oxygen atoms in total. The minimum atomic E-state index is -4.35. The van der Waals surface area contributed by atoms with Crippen LogP contribution in [0.15, 0.2) is 36.5 Å². The van der Waals surface area contributed by atoms with E-state index in [4.69, 9.17) is 9.05 Å². The molecule has 0 radical (unpaired) electrons. The van der Waals surface area contributed by atoms with Crippen molar-refractivity contribution in [1.82, 2.24) is 5.32 Å². The largest absolute Gasteiger partial charge is 0.472 e. The van der Waals surface area contributed by atoms with Crippen LogP contribution in [0.25, 0.3) is 0 Å². The number of quaternary nitrogens is 1. The smallest absolute Gasteiger partial charge is 0.387 e. The summed E-state index contributed by atoms with van der Waals surface area (Å²) in [4.78, 5) is 23.2. The highest BCUT2D eigenvalue weighted by atomic mass is 31.2. The lowest BCUT2D eigenvalue weighted by atomic mass is 10.0. The van der Waals surface area contributed by atoms with Crippen LogP contribution in [0.3, 0.4) is 0 Å². The number of amides is 1. The topological polar surface area (TPSA) is 105 Å². The lowest BCUT2D eigenvalue weighted by Crippen LogP contribution is -2.45. The van der Waals surface area contributed by atoms with E-state index in [1.165, 1.54) is 180 Å². The molecule has 3 unspecified atom stereocenters. The molecule has 0 aliphatic heterocycles. The van der Waals surface area contributed by atoms with E-state index in [-0.39, 0.29) is 19.1 Å². The van der Waals surface area contributed by atoms with Crippen molar-refractivity contribution < 1.29 is 32.9 Å². The maximum absolute atomic E-state index is 12.9. The zero-order valence-electron chi connectivity index (χ0n) is 40.9. The first-order chi connectivity index (χ1) is 29.5. The van der Waals surface area contributed by atoms with E-state index in [0.717, 1.165) is 38.5 Å². The van der Waals surface area contributed by atoms with Crippen LogP contribution in [0.2, 0.25) is 0 Å². The Kier molecular flexibility index (Phi) is 43.0. The number of aliphatic hydroxyl groups excluding tert-OH is 1. The molecule has 0 fully saturated rings. The summed E-state index contributed by atoms with van der Waals surface area (Å²) in [5, 5.41) is 13.8. The highest BCUT2D eigenvalue weighted by molar-refractivity contribution is 7.47. The minimum Gasteiger partial charge on any atom is -0.387 e. The molecule has 0 saturated carbocycles. The average molecular weight is 882 g/mol. The standard InChI is InChI=1S/C52H101N2O6P/c1-6-8-10-12-14-16-18-20-21-22-23-24-25-26-27-28-29-30-31-32-33-34-36-38-40-42-44-46-52(56)53-50(49-60-61(57,58)59-48-47-54(3,4)5)51(55)45-43-41-39-37-35-19-17-15-13-11-9-7-2/h26-27,35,37,43,45,50-51,55H,6-25,28-34,36,38-42,44,46-49H2,1-5H3,(H-,53,56,57,58)/p+1/b27-26-,37-35+,45-43+. The number of carbonyl (C=O) groups excluding carboxylic acids is 1. The fourth-order valence-electron chi connectivity index (χ4n) is 7.46. The third kappa shape index (κ3) is 46.5. The van der Waals surface area contributed by atoms with Crippen molar-refractivity contribution in [2.24, 2.45) is 0 Å². The quantitative estimate of drug-likeness (QED) is 0.0243. The zero-order valence-corrected chi connectivity index (χ0v) is 41.8. The Bertz CT molecular complexity index is 1090. The van der Waals surface area contributed by atoms with Gasteiger partial charge < -0.3 is 19.8 Å². The summed E-state index contributed by atoms with van der Waals surface area (Å²) in [6.07, 6.45) is 55.3. The Morgan fingerprint density at radius 3 is 1.31 bits per heavy atom. The second-order valence-corrected chi connectivity index (χ2v) is 20.3. The highest BCUT2D eigenvalue weighted by Gasteiger charge is 2.27. The summed E-state index contributed by atoms with van der Waals surface area (Å²) in [5.41, 5.74) is 0. The van der Waals surface area contributed by atoms with Gasteiger partial charge in [0.25, 0.3) is 0 Å². The fraction of sp³-hybridized carbons (Fsp3) is 0.865. The summed E-state index contributed by atoms with van der Waals surface area (Å²) in [7, 11) is 1.56. The van der Waals surface area contributed by atoms with Crippen molar-refractivity contribution in [3.05, 3.63) is 36.5 Å². The molecule has 0 rings (SSSR count). The van der Waals surface area contributed by atoms with E-state index < -0.39 is 20.0 Å². The van der Waals surface area contributed by atoms with E-state index in [0.29, 0.717) is 17.4 Å². The molecular formula is C52H102N2O6P+. The van der Waals surface area contributed by atoms with Crippen molar-refractivity contribution in [1.29, 1.82) is 0 Å². The molecule has 0 aromatic heterocycles. The lowest BCUT2D eigenvalue weighted by molar-refractivity contribution is -0.870. The fourth-order valence-corrected chi connectivity index (χ4v) is 8.20. The van der Waals surface area contributed by atoms with Gasteiger partial charge >= 0.3 is 7.82 Å². The second kappa shape index (κ2) is 43.9. The predicted molar refractivity (Wildman–Crippen MR) is 263 cm³/mol. The maximum atomic E-state index is 12.9. The Morgan fingerprint density at radius 2 is 0.902 bits per heavy atom. The van der Waals surface area contributed by atoms with Gasteiger partial charge in [0.15, 0.2) is 0 Å². The molecule has 0 heterocycles. The number of carbonyl (C=O) groups is 1. The molecule has 0 aliphatic rings. The number of likely N-dealkylation sites (N-methyl/N-ethyl adjacent to an activating group) is 1. The van der Waals surface area contributed by atoms with Crippen LogP contribution in [0.4, 0.5) is 0 Å². The SMILES string of the molecule is CCCCCCCC/C=C/CC/C=C/C(O)C(COP(=O)(O)OCC[N+](C)(C)C)NC(=O)CCCCCCCCCCCCC/C=C\CCCCCCCCCCCCCC. The van der Waals surface area contributed by atoms with Crippen LogP contribution in [-0.4, -0.2) is 73.4 Å². The first-order valence-electron chi connectivity index (χ1n) is 25.9. The molecule has 3 atom stereocenters. The minimum absolute atomic E-state index is 0.0563. The van der Waals surface area contributed by atoms with Gasteiger partial charge in [-0.05, 0) is 57.8 Å². The Hall–Kier alpha value is -1.28. The van der Waals surface area contributed by atoms with Crippen molar-refractivity contribution >= 4 is 13.7 Å². The van der Waals surface area contributed by atoms with Crippen molar-refractivity contribution in [2.75, 3.05) is 40.9 Å². The molecule has 0 aliphatic carbocycles. The average Bonchev–Trinajstić information content (AvgIpc) is 3.21. The predicted octanol–water partition coefficient (Wildman–Crippen LogP) is 15.0. The van der Waals surface area contributed by atoms with Gasteiger partial charge in [0, 0.05) is 6.42 Å². The number of aliphatic hydroxyl groups is 1. The lowest BCUT2D eigenvalue weighted by Gasteiger charge is -2.25. The molecule has 0 spiro atoms. The molecule has 0 saturated heterocycles. The first-order valence-corrected chi connectivity index (χ1v) is 27.4. The van der Waals surface area contributed by atoms with Gasteiger partial charge in [-0.3, -0.25) is 13.8 Å². The van der Waals surface area contributed by atoms with E-state index >= 15 is 0 Å². The van der Waals surface area contributed by atoms with Crippen LogP contribution in [0.5, 0.6) is 0 Å². The van der Waals surface area contributed by atoms with Crippen LogP contribution in [0, 0.1) is 0 Å². The third-order valence-corrected chi connectivity index (χ3v) is 12.6. The van der Waals surface area contributed by atoms with Crippen LogP contribution in [0.1, 0.15) is 239 Å². The van der Waals surface area contributed by atoms with E-state index in [1.54, 1.807) is 6.08 Å². The van der Waals surface area contributed by atoms with Crippen LogP contribution < -0.4 is 5.32 Å². The maximum Gasteiger partial charge on any atom is 0.472 e. The van der Waals surface area contributed by atoms with E-state index in [2.05, 4.69) is 43.5 Å². The number of hydrogen-bond acceptors (Lipinski definition) is 5. The zero-order chi connectivity index (χ0) is 45.0. The van der Waals surface area contributed by atoms with Gasteiger partial charge in [-0.25, -0.2) is 4.57 Å². The number of allylic oxidation sites excluding steroid dienone is 5. The molecular weight excluding hydrogens is 780 g/mol. The number of nitrogens with one attached hydrogen (secondary N) is 1. The highest BCUT2D eigenvalue weighted by Crippen LogP contribution is 2.43. The molecule has 9 heteroatoms. The number of phosphoric ester groups is 1. The molecule has 61 heavy (non-hydrogen) atoms. The van der Waals surface area contributed by atoms with Crippen LogP contribution in [-0.2, 0) is 18.4 Å². The van der Waals surface area contributed by atoms with Gasteiger partial charge in [-0.1, -0.05) is 211 Å². The van der Waals surface area contributed by atoms with Gasteiger partial charge in [-0.2, -0.15) is 0 Å². The molecule has 3 N–H and O–H groups in total. The Morgan fingerprint density at radius 1 is 0.541 bits per heavy atom. The second-order valence-electron chi connectivity index (χ2n) is 18.9. The molecule has 0 bridgehead atoms. The number of unbranched alkanes of at least 4 members (excludes halogenated alkanes) is 30. The third-order valence-electron chi connectivity index (χ3n) is 11.6. The van der Waals surface area contributed by atoms with Gasteiger partial charge in [0.2, 0.25) is 5.91 Å². The number of hydrogen-bond donors (Lipinski definition) is 3. The summed E-state index contributed by atoms with van der Waals surface area (Å²) in [5.74, 6) is -0.188. The van der Waals surface area contributed by atoms with E-state index in [9.17, 15) is 19.4 Å². The summed E-state index contributed by atoms with van der Waals surface area (Å²) in [6, 6.07) is -0.861. The summed E-state index contributed by atoms with van der Waals surface area (Å²) < 4.78 is 23.6. The number of nitrogens with zero attached hydrogens (tertiary/aromatic N) is 1. The van der Waals surface area contributed by atoms with E-state index in [1.807, 2.05) is 27.2 Å². The van der Waals surface area contributed by atoms with Crippen molar-refractivity contribution in [2.45, 2.75) is 251 Å². The number of rotatable bonds is 47. The number of phosphoric acid groups is 1. The first kappa shape index (κ1) is 59.7. The Labute approximate surface area is 378 Å². The molecule has 360 valence electrons. The normalized spacial score (nSPS) is 14.4. The van der Waals surface area contributed by atoms with Crippen LogP contribution >= 0.6 is 7.82 Å². The molecule has 1 amide bonds. The van der Waals surface area contributed by atoms with Crippen molar-refractivity contribution in [3.63, 3.8) is 0 Å². The Balaban J connectivity index is 4.15. The van der Waals surface area contributed by atoms with Gasteiger partial charge in [-0.15, -0.1) is 0 Å². The monoisotopic (exact) mass is 882 g/mol. The molecule has 0 aromatic carbocycles. The molecule has 0 aromatic rings. The van der Waals surface area contributed by atoms with Gasteiger partial charge in [0.1, 0.15) is 13.2 Å². The van der Waals surface area contributed by atoms with Gasteiger partial charge in [0.05, 0.1) is 39.9 Å². The summed E-state index contributed by atoms with van der Waals surface area (Å²) >= 11 is 0. The summed E-state index contributed by atoms with van der Waals surface area (Å²) in [6.45, 7) is 4.79. The van der Waals surface area contributed by atoms with Crippen molar-refractivity contribution in [3.8, 4) is 0 Å².